The Morgan fingerprint density at radius 2 is 1.54 bits per heavy atom. The standard InChI is InChI=1S/C30H43N3O2/c1-4-7-11-24-22-26-28(32-24)17-16-27(31)29(26)30(34)23-12-14-25(15-13-23)35-21-10-20-33(18-8-5-2)19-9-6-3/h12-17,22,32H,4-11,18-21,31H2,1-3H3. The lowest BCUT2D eigenvalue weighted by molar-refractivity contribution is 0.104. The van der Waals surface area contributed by atoms with Gasteiger partial charge in [-0.2, -0.15) is 0 Å². The topological polar surface area (TPSA) is 71.3 Å². The van der Waals surface area contributed by atoms with Crippen molar-refractivity contribution >= 4 is 22.4 Å². The molecule has 0 bridgehead atoms. The first kappa shape index (κ1) is 26.8. The minimum absolute atomic E-state index is 0.0526. The molecule has 35 heavy (non-hydrogen) atoms. The van der Waals surface area contributed by atoms with Gasteiger partial charge < -0.3 is 20.4 Å². The number of ketones is 1. The van der Waals surface area contributed by atoms with Crippen LogP contribution in [-0.4, -0.2) is 41.9 Å². The van der Waals surface area contributed by atoms with Crippen LogP contribution in [0.1, 0.15) is 87.3 Å². The molecule has 190 valence electrons. The van der Waals surface area contributed by atoms with Crippen LogP contribution in [0, 0.1) is 0 Å². The summed E-state index contributed by atoms with van der Waals surface area (Å²) in [6.07, 6.45) is 9.18. The number of aromatic nitrogens is 1. The van der Waals surface area contributed by atoms with Crippen molar-refractivity contribution in [3.63, 3.8) is 0 Å². The lowest BCUT2D eigenvalue weighted by atomic mass is 9.98. The Kier molecular flexibility index (Phi) is 10.7. The van der Waals surface area contributed by atoms with Gasteiger partial charge in [0.2, 0.25) is 0 Å². The first-order chi connectivity index (χ1) is 17.1. The Hall–Kier alpha value is -2.79. The van der Waals surface area contributed by atoms with Crippen LogP contribution in [0.15, 0.2) is 42.5 Å². The number of carbonyl (C=O) groups is 1. The molecule has 3 aromatic rings. The van der Waals surface area contributed by atoms with Crippen molar-refractivity contribution in [1.82, 2.24) is 9.88 Å². The number of carbonyl (C=O) groups excluding carboxylic acids is 1. The predicted molar refractivity (Wildman–Crippen MR) is 148 cm³/mol. The highest BCUT2D eigenvalue weighted by atomic mass is 16.5. The molecular weight excluding hydrogens is 434 g/mol. The summed E-state index contributed by atoms with van der Waals surface area (Å²) < 4.78 is 5.97. The van der Waals surface area contributed by atoms with Crippen LogP contribution < -0.4 is 10.5 Å². The van der Waals surface area contributed by atoms with E-state index in [9.17, 15) is 4.79 Å². The average Bonchev–Trinajstić information content (AvgIpc) is 3.29. The van der Waals surface area contributed by atoms with Gasteiger partial charge in [-0.25, -0.2) is 0 Å². The maximum Gasteiger partial charge on any atom is 0.195 e. The molecule has 0 amide bonds. The van der Waals surface area contributed by atoms with Gasteiger partial charge in [-0.05, 0) is 87.7 Å². The molecule has 3 rings (SSSR count). The smallest absolute Gasteiger partial charge is 0.195 e. The molecule has 2 aromatic carbocycles. The van der Waals surface area contributed by atoms with Crippen molar-refractivity contribution in [3.05, 3.63) is 59.3 Å². The number of nitrogens with two attached hydrogens (primary N) is 1. The van der Waals surface area contributed by atoms with Gasteiger partial charge in [0, 0.05) is 34.4 Å². The molecule has 1 heterocycles. The van der Waals surface area contributed by atoms with Crippen molar-refractivity contribution in [1.29, 1.82) is 0 Å². The Labute approximate surface area is 211 Å². The minimum Gasteiger partial charge on any atom is -0.494 e. The molecule has 0 radical (unpaired) electrons. The van der Waals surface area contributed by atoms with Crippen LogP contribution in [0.5, 0.6) is 5.75 Å². The number of ether oxygens (including phenoxy) is 1. The van der Waals surface area contributed by atoms with E-state index in [0.29, 0.717) is 23.4 Å². The van der Waals surface area contributed by atoms with Gasteiger partial charge in [-0.3, -0.25) is 4.79 Å². The zero-order chi connectivity index (χ0) is 25.0. The summed E-state index contributed by atoms with van der Waals surface area (Å²) >= 11 is 0. The summed E-state index contributed by atoms with van der Waals surface area (Å²) in [5.41, 5.74) is 10.1. The minimum atomic E-state index is -0.0526. The fourth-order valence-electron chi connectivity index (χ4n) is 4.46. The van der Waals surface area contributed by atoms with Crippen molar-refractivity contribution in [2.24, 2.45) is 0 Å². The number of hydrogen-bond donors (Lipinski definition) is 2. The molecule has 0 unspecified atom stereocenters. The second-order valence-corrected chi connectivity index (χ2v) is 9.49. The van der Waals surface area contributed by atoms with Gasteiger partial charge in [-0.1, -0.05) is 40.0 Å². The van der Waals surface area contributed by atoms with Crippen LogP contribution >= 0.6 is 0 Å². The number of nitrogen functional groups attached to an aromatic ring is 1. The zero-order valence-electron chi connectivity index (χ0n) is 21.9. The summed E-state index contributed by atoms with van der Waals surface area (Å²) in [6.45, 7) is 10.8. The number of fused-ring (bicyclic) bond motifs is 1. The molecule has 5 heteroatoms. The van der Waals surface area contributed by atoms with Gasteiger partial charge in [0.25, 0.3) is 0 Å². The fraction of sp³-hybridized carbons (Fsp3) is 0.500. The molecule has 0 saturated carbocycles. The molecule has 0 aliphatic carbocycles. The lowest BCUT2D eigenvalue weighted by Gasteiger charge is -2.21. The second-order valence-electron chi connectivity index (χ2n) is 9.49. The fourth-order valence-corrected chi connectivity index (χ4v) is 4.46. The SMILES string of the molecule is CCCCc1cc2c(C(=O)c3ccc(OCCCN(CCCC)CCCC)cc3)c(N)ccc2[nH]1. The normalized spacial score (nSPS) is 11.4. The molecule has 0 atom stereocenters. The third-order valence-corrected chi connectivity index (χ3v) is 6.58. The maximum atomic E-state index is 13.4. The van der Waals surface area contributed by atoms with Gasteiger partial charge in [-0.15, -0.1) is 0 Å². The van der Waals surface area contributed by atoms with Gasteiger partial charge in [0.1, 0.15) is 5.75 Å². The predicted octanol–water partition coefficient (Wildman–Crippen LogP) is 6.99. The van der Waals surface area contributed by atoms with Gasteiger partial charge in [0.15, 0.2) is 5.78 Å². The molecule has 5 nitrogen and oxygen atoms in total. The summed E-state index contributed by atoms with van der Waals surface area (Å²) in [5.74, 6) is 0.744. The number of rotatable bonds is 16. The van der Waals surface area contributed by atoms with Crippen LogP contribution in [0.2, 0.25) is 0 Å². The highest BCUT2D eigenvalue weighted by Gasteiger charge is 2.18. The van der Waals surface area contributed by atoms with Crippen molar-refractivity contribution in [2.75, 3.05) is 32.0 Å². The van der Waals surface area contributed by atoms with Crippen LogP contribution in [0.25, 0.3) is 10.9 Å². The molecule has 0 aliphatic rings. The van der Waals surface area contributed by atoms with Crippen molar-refractivity contribution < 1.29 is 9.53 Å². The Morgan fingerprint density at radius 1 is 0.886 bits per heavy atom. The van der Waals surface area contributed by atoms with E-state index in [4.69, 9.17) is 10.5 Å². The van der Waals surface area contributed by atoms with Crippen molar-refractivity contribution in [2.45, 2.75) is 72.1 Å². The first-order valence-electron chi connectivity index (χ1n) is 13.5. The van der Waals surface area contributed by atoms with Crippen LogP contribution in [0.3, 0.4) is 0 Å². The number of nitrogens with zero attached hydrogens (tertiary/aromatic N) is 1. The number of benzene rings is 2. The highest BCUT2D eigenvalue weighted by Crippen LogP contribution is 2.28. The van der Waals surface area contributed by atoms with E-state index in [1.54, 1.807) is 0 Å². The Morgan fingerprint density at radius 3 is 2.20 bits per heavy atom. The number of nitrogens with one attached hydrogen (secondary N) is 1. The van der Waals surface area contributed by atoms with E-state index in [2.05, 4.69) is 36.7 Å². The third-order valence-electron chi connectivity index (χ3n) is 6.58. The van der Waals surface area contributed by atoms with Gasteiger partial charge >= 0.3 is 0 Å². The van der Waals surface area contributed by atoms with E-state index in [1.807, 2.05) is 36.4 Å². The number of anilines is 1. The molecule has 3 N–H and O–H groups in total. The summed E-state index contributed by atoms with van der Waals surface area (Å²) in [6, 6.07) is 13.3. The van der Waals surface area contributed by atoms with E-state index in [1.165, 1.54) is 38.8 Å². The molecule has 0 spiro atoms. The highest BCUT2D eigenvalue weighted by molar-refractivity contribution is 6.19. The monoisotopic (exact) mass is 477 g/mol. The number of hydrogen-bond acceptors (Lipinski definition) is 4. The van der Waals surface area contributed by atoms with Crippen LogP contribution in [-0.2, 0) is 6.42 Å². The van der Waals surface area contributed by atoms with E-state index in [0.717, 1.165) is 54.6 Å². The molecule has 0 fully saturated rings. The Bertz CT molecular complexity index is 1050. The maximum absolute atomic E-state index is 13.4. The summed E-state index contributed by atoms with van der Waals surface area (Å²) in [4.78, 5) is 19.4. The molecular formula is C30H43N3O2. The number of unbranched alkanes of at least 4 members (excludes halogenated alkanes) is 3. The molecule has 1 aromatic heterocycles. The number of H-pyrrole nitrogens is 1. The first-order valence-corrected chi connectivity index (χ1v) is 13.5. The largest absolute Gasteiger partial charge is 0.494 e. The third kappa shape index (κ3) is 7.60. The van der Waals surface area contributed by atoms with E-state index in [-0.39, 0.29) is 5.78 Å². The number of aromatic amines is 1. The summed E-state index contributed by atoms with van der Waals surface area (Å²) in [5, 5.41) is 0.900. The second kappa shape index (κ2) is 13.9. The average molecular weight is 478 g/mol. The molecule has 0 saturated heterocycles. The van der Waals surface area contributed by atoms with E-state index >= 15 is 0 Å². The summed E-state index contributed by atoms with van der Waals surface area (Å²) in [7, 11) is 0. The number of aryl methyl sites for hydroxylation is 1. The molecule has 0 aliphatic heterocycles. The quantitative estimate of drug-likeness (QED) is 0.132. The van der Waals surface area contributed by atoms with Crippen LogP contribution in [0.4, 0.5) is 5.69 Å². The van der Waals surface area contributed by atoms with E-state index < -0.39 is 0 Å². The lowest BCUT2D eigenvalue weighted by Crippen LogP contribution is -2.28. The zero-order valence-corrected chi connectivity index (χ0v) is 21.9. The van der Waals surface area contributed by atoms with Gasteiger partial charge in [0.05, 0.1) is 12.2 Å². The van der Waals surface area contributed by atoms with Crippen molar-refractivity contribution in [3.8, 4) is 5.75 Å². The Balaban J connectivity index is 1.60.